The van der Waals surface area contributed by atoms with Crippen LogP contribution in [0.4, 0.5) is 11.4 Å². The van der Waals surface area contributed by atoms with Crippen LogP contribution in [0.3, 0.4) is 0 Å². The Morgan fingerprint density at radius 2 is 1.16 bits per heavy atom. The van der Waals surface area contributed by atoms with Gasteiger partial charge in [-0.1, -0.05) is 48.5 Å². The average molecular weight is 503 g/mol. The van der Waals surface area contributed by atoms with E-state index in [0.717, 1.165) is 48.6 Å². The maximum Gasteiger partial charge on any atom is 0.339 e. The van der Waals surface area contributed by atoms with Crippen molar-refractivity contribution in [3.63, 3.8) is 0 Å². The van der Waals surface area contributed by atoms with Gasteiger partial charge >= 0.3 is 5.97 Å². The topological polar surface area (TPSA) is 130 Å². The number of nitrogens with zero attached hydrogens (tertiary/aromatic N) is 2. The van der Waals surface area contributed by atoms with Crippen molar-refractivity contribution >= 4 is 23.1 Å². The molecule has 0 amide bonds. The second-order valence-corrected chi connectivity index (χ2v) is 9.14. The lowest BCUT2D eigenvalue weighted by atomic mass is 9.99. The van der Waals surface area contributed by atoms with Gasteiger partial charge < -0.3 is 4.74 Å². The first kappa shape index (κ1) is 25.7. The van der Waals surface area contributed by atoms with Gasteiger partial charge in [0.1, 0.15) is 0 Å². The van der Waals surface area contributed by atoms with Crippen molar-refractivity contribution in [2.75, 3.05) is 0 Å². The zero-order valence-electron chi connectivity index (χ0n) is 20.1. The molecule has 0 N–H and O–H groups in total. The van der Waals surface area contributed by atoms with E-state index in [-0.39, 0.29) is 24.2 Å². The number of Topliss-reactive ketones (excluding diaryl/α,β-unsaturated/α-hetero) is 1. The molecule has 7 rings (SSSR count). The number of hydrogen-bond donors (Lipinski definition) is 0. The molecule has 0 fully saturated rings. The van der Waals surface area contributed by atoms with Gasteiger partial charge in [0, 0.05) is 18.6 Å². The van der Waals surface area contributed by atoms with Gasteiger partial charge in [0.25, 0.3) is 11.4 Å². The molecule has 9 heteroatoms. The molecule has 37 heavy (non-hydrogen) atoms. The molecule has 3 aromatic carbocycles. The van der Waals surface area contributed by atoms with Gasteiger partial charge in [-0.15, -0.1) is 0 Å². The fourth-order valence-electron chi connectivity index (χ4n) is 4.37. The van der Waals surface area contributed by atoms with Crippen molar-refractivity contribution in [3.8, 4) is 0 Å². The first-order valence-electron chi connectivity index (χ1n) is 12.1. The summed E-state index contributed by atoms with van der Waals surface area (Å²) >= 11 is 0. The van der Waals surface area contributed by atoms with Gasteiger partial charge in [0.05, 0.1) is 21.5 Å². The molecule has 9 nitrogen and oxygen atoms in total. The van der Waals surface area contributed by atoms with Gasteiger partial charge in [-0.2, -0.15) is 0 Å². The molecule has 1 unspecified atom stereocenters. The molecule has 190 valence electrons. The molecule has 0 saturated carbocycles. The van der Waals surface area contributed by atoms with Gasteiger partial charge in [0.15, 0.2) is 11.9 Å². The number of ether oxygens (including phenoxy) is 1. The standard InChI is InChI=1S/C28H26N2O7/c31-26-14-12-21-8-4-19(5-9-21)2-1-3-20-6-10-22(11-7-20)13-15-27(26)37-28(32)23-16-24(29(33)34)18-25(17-23)30(35)36/h4-11,16-18,27H,1-3,12-15H2. The third-order valence-corrected chi connectivity index (χ3v) is 6.50. The largest absolute Gasteiger partial charge is 0.451 e. The van der Waals surface area contributed by atoms with Crippen LogP contribution in [0.1, 0.15) is 51.9 Å². The van der Waals surface area contributed by atoms with Gasteiger partial charge in [-0.25, -0.2) is 4.79 Å². The number of nitro groups is 2. The van der Waals surface area contributed by atoms with Crippen molar-refractivity contribution in [3.05, 3.63) is 115 Å². The Labute approximate surface area is 213 Å². The number of ketones is 1. The highest BCUT2D eigenvalue weighted by molar-refractivity contribution is 5.94. The second-order valence-electron chi connectivity index (χ2n) is 9.14. The van der Waals surface area contributed by atoms with E-state index in [0.29, 0.717) is 12.8 Å². The number of hydrogen-bond acceptors (Lipinski definition) is 7. The van der Waals surface area contributed by atoms with Crippen LogP contribution in [-0.2, 0) is 35.2 Å². The molecule has 0 aliphatic heterocycles. The number of aryl methyl sites for hydroxylation is 4. The van der Waals surface area contributed by atoms with Crippen molar-refractivity contribution in [2.45, 2.75) is 51.0 Å². The maximum atomic E-state index is 13.1. The Kier molecular flexibility index (Phi) is 8.02. The minimum Gasteiger partial charge on any atom is -0.451 e. The Morgan fingerprint density at radius 3 is 1.65 bits per heavy atom. The van der Waals surface area contributed by atoms with Crippen LogP contribution in [0.25, 0.3) is 0 Å². The number of esters is 1. The molecule has 4 aliphatic rings. The van der Waals surface area contributed by atoms with E-state index in [1.54, 1.807) is 0 Å². The summed E-state index contributed by atoms with van der Waals surface area (Å²) < 4.78 is 5.52. The Bertz CT molecular complexity index is 1290. The van der Waals surface area contributed by atoms with Crippen molar-refractivity contribution in [2.24, 2.45) is 0 Å². The highest BCUT2D eigenvalue weighted by atomic mass is 16.6. The highest BCUT2D eigenvalue weighted by Crippen LogP contribution is 2.24. The molecule has 0 saturated heterocycles. The molecule has 4 aliphatic carbocycles. The number of carbonyl (C=O) groups excluding carboxylic acids is 2. The zero-order valence-corrected chi connectivity index (χ0v) is 20.1. The highest BCUT2D eigenvalue weighted by Gasteiger charge is 2.26. The van der Waals surface area contributed by atoms with E-state index >= 15 is 0 Å². The third kappa shape index (κ3) is 6.84. The van der Waals surface area contributed by atoms with Crippen LogP contribution in [0.2, 0.25) is 0 Å². The quantitative estimate of drug-likeness (QED) is 0.267. The van der Waals surface area contributed by atoms with Gasteiger partial charge in [0.2, 0.25) is 0 Å². The summed E-state index contributed by atoms with van der Waals surface area (Å²) in [5.41, 5.74) is 2.87. The molecule has 4 bridgehead atoms. The molecule has 0 radical (unpaired) electrons. The summed E-state index contributed by atoms with van der Waals surface area (Å²) in [5.74, 6) is -1.30. The summed E-state index contributed by atoms with van der Waals surface area (Å²) in [6.07, 6.45) is 3.18. The fraction of sp³-hybridized carbons (Fsp3) is 0.286. The average Bonchev–Trinajstić information content (AvgIpc) is 2.90. The maximum absolute atomic E-state index is 13.1. The van der Waals surface area contributed by atoms with Gasteiger partial charge in [-0.05, 0) is 60.8 Å². The van der Waals surface area contributed by atoms with Crippen LogP contribution in [0.5, 0.6) is 0 Å². The molecule has 3 aromatic rings. The second kappa shape index (κ2) is 11.6. The Hall–Kier alpha value is -4.40. The van der Waals surface area contributed by atoms with Crippen LogP contribution < -0.4 is 0 Å². The van der Waals surface area contributed by atoms with Crippen LogP contribution in [-0.4, -0.2) is 27.7 Å². The number of non-ortho nitro benzene ring substituents is 2. The molecule has 0 aromatic heterocycles. The van der Waals surface area contributed by atoms with E-state index in [1.165, 1.54) is 11.1 Å². The van der Waals surface area contributed by atoms with Crippen molar-refractivity contribution in [1.82, 2.24) is 0 Å². The summed E-state index contributed by atoms with van der Waals surface area (Å²) in [6.45, 7) is 0. The predicted octanol–water partition coefficient (Wildman–Crippen LogP) is 5.35. The summed E-state index contributed by atoms with van der Waals surface area (Å²) in [7, 11) is 0. The lowest BCUT2D eigenvalue weighted by molar-refractivity contribution is -0.394. The summed E-state index contributed by atoms with van der Waals surface area (Å²) in [5, 5.41) is 22.4. The number of nitro benzene ring substituents is 2. The van der Waals surface area contributed by atoms with Crippen LogP contribution in [0, 0.1) is 20.2 Å². The number of carbonyl (C=O) groups is 2. The van der Waals surface area contributed by atoms with Crippen molar-refractivity contribution in [1.29, 1.82) is 0 Å². The Morgan fingerprint density at radius 1 is 0.703 bits per heavy atom. The van der Waals surface area contributed by atoms with E-state index in [1.807, 2.05) is 24.3 Å². The van der Waals surface area contributed by atoms with Gasteiger partial charge in [-0.3, -0.25) is 25.0 Å². The zero-order chi connectivity index (χ0) is 26.4. The summed E-state index contributed by atoms with van der Waals surface area (Å²) in [6, 6.07) is 18.8. The van der Waals surface area contributed by atoms with E-state index in [4.69, 9.17) is 4.74 Å². The monoisotopic (exact) mass is 502 g/mol. The summed E-state index contributed by atoms with van der Waals surface area (Å²) in [4.78, 5) is 46.8. The van der Waals surface area contributed by atoms with Crippen molar-refractivity contribution < 1.29 is 24.2 Å². The first-order valence-corrected chi connectivity index (χ1v) is 12.1. The smallest absolute Gasteiger partial charge is 0.339 e. The molecule has 1 atom stereocenters. The molecular formula is C28H26N2O7. The number of benzene rings is 3. The van der Waals surface area contributed by atoms with E-state index < -0.39 is 33.3 Å². The molecular weight excluding hydrogens is 476 g/mol. The van der Waals surface area contributed by atoms with E-state index in [2.05, 4.69) is 24.3 Å². The molecule has 0 spiro atoms. The molecule has 0 heterocycles. The fourth-order valence-corrected chi connectivity index (χ4v) is 4.37. The number of rotatable bonds is 4. The SMILES string of the molecule is O=C(OC1CCc2ccc(cc2)CCCc2ccc(cc2)CCC1=O)c1cc([N+](=O)[O-])cc([N+](=O)[O-])c1. The minimum atomic E-state index is -1.10. The van der Waals surface area contributed by atoms with Crippen LogP contribution in [0.15, 0.2) is 66.7 Å². The normalized spacial score (nSPS) is 16.2. The predicted molar refractivity (Wildman–Crippen MR) is 136 cm³/mol. The lowest BCUT2D eigenvalue weighted by Crippen LogP contribution is -2.28. The third-order valence-electron chi connectivity index (χ3n) is 6.50. The Balaban J connectivity index is 1.58. The first-order chi connectivity index (χ1) is 17.8. The van der Waals surface area contributed by atoms with Crippen LogP contribution >= 0.6 is 0 Å². The lowest BCUT2D eigenvalue weighted by Gasteiger charge is -2.17. The van der Waals surface area contributed by atoms with E-state index in [9.17, 15) is 29.8 Å². The minimum absolute atomic E-state index is 0.144.